The van der Waals surface area contributed by atoms with E-state index in [0.29, 0.717) is 12.3 Å². The molecule has 2 rings (SSSR count). The highest BCUT2D eigenvalue weighted by atomic mass is 16.3. The summed E-state index contributed by atoms with van der Waals surface area (Å²) in [4.78, 5) is 2.69. The molecule has 4 heteroatoms. The minimum absolute atomic E-state index is 0.578. The predicted molar refractivity (Wildman–Crippen MR) is 53.3 cm³/mol. The van der Waals surface area contributed by atoms with E-state index in [9.17, 15) is 5.11 Å². The summed E-state index contributed by atoms with van der Waals surface area (Å²) in [5.41, 5.74) is 7.13. The van der Waals surface area contributed by atoms with Gasteiger partial charge in [-0.15, -0.1) is 0 Å². The first kappa shape index (κ1) is 9.81. The minimum atomic E-state index is -1.18. The van der Waals surface area contributed by atoms with Crippen molar-refractivity contribution in [2.24, 2.45) is 22.9 Å². The number of hydrogen-bond donors (Lipinski definition) is 1. The molecule has 78 valence electrons. The highest BCUT2D eigenvalue weighted by Crippen LogP contribution is 2.50. The second kappa shape index (κ2) is 3.44. The molecule has 4 nitrogen and oxygen atoms in total. The Hall–Kier alpha value is -0.730. The third-order valence-electron chi connectivity index (χ3n) is 3.79. The second-order valence-electron chi connectivity index (χ2n) is 5.05. The van der Waals surface area contributed by atoms with Crippen LogP contribution in [0.25, 0.3) is 10.4 Å². The zero-order chi connectivity index (χ0) is 10.2. The van der Waals surface area contributed by atoms with Gasteiger partial charge in [0, 0.05) is 4.91 Å². The molecule has 0 radical (unpaired) electrons. The van der Waals surface area contributed by atoms with Crippen LogP contribution in [0.4, 0.5) is 0 Å². The molecule has 0 heterocycles. The van der Waals surface area contributed by atoms with Crippen LogP contribution >= 0.6 is 0 Å². The quantitative estimate of drug-likeness (QED) is 0.420. The Morgan fingerprint density at radius 3 is 2.79 bits per heavy atom. The van der Waals surface area contributed by atoms with E-state index in [1.807, 2.05) is 0 Å². The topological polar surface area (TPSA) is 69.0 Å². The first-order valence-electron chi connectivity index (χ1n) is 5.39. The average molecular weight is 195 g/mol. The van der Waals surface area contributed by atoms with E-state index >= 15 is 0 Å². The van der Waals surface area contributed by atoms with Gasteiger partial charge < -0.3 is 5.11 Å². The van der Waals surface area contributed by atoms with Crippen LogP contribution in [0.2, 0.25) is 0 Å². The lowest BCUT2D eigenvalue weighted by Gasteiger charge is -2.27. The number of fused-ring (bicyclic) bond motifs is 2. The van der Waals surface area contributed by atoms with E-state index in [0.717, 1.165) is 11.8 Å². The van der Waals surface area contributed by atoms with Gasteiger partial charge >= 0.3 is 0 Å². The van der Waals surface area contributed by atoms with Crippen molar-refractivity contribution < 1.29 is 5.11 Å². The molecule has 4 atom stereocenters. The van der Waals surface area contributed by atoms with Gasteiger partial charge in [0.05, 0.1) is 0 Å². The summed E-state index contributed by atoms with van der Waals surface area (Å²) < 4.78 is 0. The van der Waals surface area contributed by atoms with Gasteiger partial charge in [-0.25, -0.2) is 0 Å². The van der Waals surface area contributed by atoms with Crippen LogP contribution in [0.1, 0.15) is 39.0 Å². The van der Waals surface area contributed by atoms with Gasteiger partial charge in [0.2, 0.25) is 0 Å². The van der Waals surface area contributed by atoms with Crippen molar-refractivity contribution in [2.75, 3.05) is 0 Å². The fraction of sp³-hybridized carbons (Fsp3) is 1.00. The number of nitrogens with zero attached hydrogens (tertiary/aromatic N) is 3. The largest absolute Gasteiger partial charge is 0.384 e. The lowest BCUT2D eigenvalue weighted by molar-refractivity contribution is 0.0308. The first-order valence-corrected chi connectivity index (χ1v) is 5.39. The summed E-state index contributed by atoms with van der Waals surface area (Å²) in [6, 6.07) is 0. The van der Waals surface area contributed by atoms with E-state index in [1.165, 1.54) is 25.7 Å². The van der Waals surface area contributed by atoms with Crippen molar-refractivity contribution in [3.63, 3.8) is 0 Å². The minimum Gasteiger partial charge on any atom is -0.384 e. The predicted octanol–water partition coefficient (Wildman–Crippen LogP) is 2.83. The SMILES string of the molecule is CC(O)(CC1CC2CCC1C2)N=[N+]=[N-]. The third-order valence-corrected chi connectivity index (χ3v) is 3.79. The van der Waals surface area contributed by atoms with E-state index in [4.69, 9.17) is 5.53 Å². The summed E-state index contributed by atoms with van der Waals surface area (Å²) in [7, 11) is 0. The van der Waals surface area contributed by atoms with Crippen molar-refractivity contribution in [1.29, 1.82) is 0 Å². The van der Waals surface area contributed by atoms with Crippen molar-refractivity contribution >= 4 is 0 Å². The van der Waals surface area contributed by atoms with E-state index in [-0.39, 0.29) is 0 Å². The highest BCUT2D eigenvalue weighted by Gasteiger charge is 2.41. The lowest BCUT2D eigenvalue weighted by Crippen LogP contribution is -2.26. The van der Waals surface area contributed by atoms with Crippen LogP contribution in [0.15, 0.2) is 5.11 Å². The average Bonchev–Trinajstić information content (AvgIpc) is 2.63. The van der Waals surface area contributed by atoms with Gasteiger partial charge in [0.15, 0.2) is 0 Å². The highest BCUT2D eigenvalue weighted by molar-refractivity contribution is 4.92. The molecule has 0 amide bonds. The number of rotatable bonds is 3. The van der Waals surface area contributed by atoms with Crippen molar-refractivity contribution in [2.45, 2.75) is 44.8 Å². The van der Waals surface area contributed by atoms with Crippen molar-refractivity contribution in [3.05, 3.63) is 10.4 Å². The van der Waals surface area contributed by atoms with Gasteiger partial charge in [-0.3, -0.25) is 0 Å². The summed E-state index contributed by atoms with van der Waals surface area (Å²) in [5.74, 6) is 2.24. The molecule has 2 aliphatic rings. The molecule has 1 N–H and O–H groups in total. The van der Waals surface area contributed by atoms with Gasteiger partial charge in [-0.05, 0) is 55.9 Å². The maximum absolute atomic E-state index is 9.78. The van der Waals surface area contributed by atoms with Crippen LogP contribution in [-0.4, -0.2) is 10.8 Å². The Morgan fingerprint density at radius 2 is 2.29 bits per heavy atom. The van der Waals surface area contributed by atoms with Crippen LogP contribution in [0, 0.1) is 17.8 Å². The molecule has 0 saturated heterocycles. The molecule has 2 bridgehead atoms. The standard InChI is InChI=1S/C10H17N3O/c1-10(14,12-13-11)6-9-5-7-2-3-8(9)4-7/h7-9,14H,2-6H2,1H3. The fourth-order valence-electron chi connectivity index (χ4n) is 3.26. The van der Waals surface area contributed by atoms with Gasteiger partial charge in [0.25, 0.3) is 0 Å². The Balaban J connectivity index is 1.95. The van der Waals surface area contributed by atoms with Gasteiger partial charge in [-0.1, -0.05) is 11.5 Å². The number of hydrogen-bond acceptors (Lipinski definition) is 2. The second-order valence-corrected chi connectivity index (χ2v) is 5.05. The lowest BCUT2D eigenvalue weighted by atomic mass is 9.83. The normalized spacial score (nSPS) is 39.1. The van der Waals surface area contributed by atoms with Crippen LogP contribution in [0.5, 0.6) is 0 Å². The molecule has 2 fully saturated rings. The first-order chi connectivity index (χ1) is 6.61. The molecule has 0 aromatic rings. The Kier molecular flexibility index (Phi) is 2.41. The van der Waals surface area contributed by atoms with E-state index in [2.05, 4.69) is 10.0 Å². The van der Waals surface area contributed by atoms with Gasteiger partial charge in [-0.2, -0.15) is 0 Å². The Morgan fingerprint density at radius 1 is 1.50 bits per heavy atom. The Labute approximate surface area is 83.9 Å². The maximum atomic E-state index is 9.78. The molecule has 2 saturated carbocycles. The summed E-state index contributed by atoms with van der Waals surface area (Å²) in [6.45, 7) is 1.61. The van der Waals surface area contributed by atoms with Crippen LogP contribution in [0.3, 0.4) is 0 Å². The fourth-order valence-corrected chi connectivity index (χ4v) is 3.26. The van der Waals surface area contributed by atoms with Crippen LogP contribution in [-0.2, 0) is 0 Å². The monoisotopic (exact) mass is 195 g/mol. The Bertz CT molecular complexity index is 271. The maximum Gasteiger partial charge on any atom is 0.141 e. The molecule has 0 aliphatic heterocycles. The number of azide groups is 1. The number of aliphatic hydroxyl groups is 1. The summed E-state index contributed by atoms with van der Waals surface area (Å²) in [6.07, 6.45) is 5.86. The van der Waals surface area contributed by atoms with Gasteiger partial charge in [0.1, 0.15) is 5.72 Å². The summed E-state index contributed by atoms with van der Waals surface area (Å²) >= 11 is 0. The van der Waals surface area contributed by atoms with Crippen LogP contribution < -0.4 is 0 Å². The molecule has 2 aliphatic carbocycles. The molecule has 4 unspecified atom stereocenters. The molecule has 0 aromatic heterocycles. The van der Waals surface area contributed by atoms with Crippen molar-refractivity contribution in [3.8, 4) is 0 Å². The zero-order valence-corrected chi connectivity index (χ0v) is 8.56. The third kappa shape index (κ3) is 1.86. The van der Waals surface area contributed by atoms with Crippen molar-refractivity contribution in [1.82, 2.24) is 0 Å². The summed E-state index contributed by atoms with van der Waals surface area (Å²) in [5, 5.41) is 13.2. The van der Waals surface area contributed by atoms with E-state index < -0.39 is 5.72 Å². The van der Waals surface area contributed by atoms with E-state index in [1.54, 1.807) is 6.92 Å². The molecule has 14 heavy (non-hydrogen) atoms. The molecular formula is C10H17N3O. The smallest absolute Gasteiger partial charge is 0.141 e. The molecular weight excluding hydrogens is 178 g/mol. The molecule has 0 spiro atoms. The zero-order valence-electron chi connectivity index (χ0n) is 8.56. The molecule has 0 aromatic carbocycles.